The van der Waals surface area contributed by atoms with E-state index < -0.39 is 18.5 Å². The fourth-order valence-electron chi connectivity index (χ4n) is 16.1. The predicted octanol–water partition coefficient (Wildman–Crippen LogP) is 25.4. The summed E-state index contributed by atoms with van der Waals surface area (Å²) in [6, 6.07) is 79.5. The summed E-state index contributed by atoms with van der Waals surface area (Å²) in [6.07, 6.45) is -2.05. The molecule has 0 amide bonds. The molecule has 0 bridgehead atoms. The number of para-hydroxylation sites is 2. The van der Waals surface area contributed by atoms with Gasteiger partial charge in [-0.3, -0.25) is 0 Å². The van der Waals surface area contributed by atoms with E-state index in [2.05, 4.69) is 299 Å². The van der Waals surface area contributed by atoms with Gasteiger partial charge in [-0.25, -0.2) is 0 Å². The van der Waals surface area contributed by atoms with Crippen molar-refractivity contribution in [2.45, 2.75) is 132 Å². The van der Waals surface area contributed by atoms with E-state index in [0.29, 0.717) is 60.5 Å². The third-order valence-corrected chi connectivity index (χ3v) is 21.3. The molecule has 5 heteroatoms. The minimum absolute atomic E-state index is 0.126. The van der Waals surface area contributed by atoms with Crippen molar-refractivity contribution in [2.75, 3.05) is 9.80 Å². The molecule has 0 radical (unpaired) electrons. The number of nitrogens with zero attached hydrogens (tertiary/aromatic N) is 4. The van der Waals surface area contributed by atoms with E-state index in [1.807, 2.05) is 54.2 Å². The van der Waals surface area contributed by atoms with Crippen molar-refractivity contribution >= 4 is 101 Å². The van der Waals surface area contributed by atoms with Gasteiger partial charge in [0.2, 0.25) is 0 Å². The lowest BCUT2D eigenvalue weighted by Gasteiger charge is -2.46. The summed E-state index contributed by atoms with van der Waals surface area (Å²) in [5.41, 5.74) is 20.6. The Morgan fingerprint density at radius 2 is 0.654 bits per heavy atom. The summed E-state index contributed by atoms with van der Waals surface area (Å²) in [4.78, 5) is 4.81. The van der Waals surface area contributed by atoms with Crippen LogP contribution in [0.5, 0.6) is 0 Å². The van der Waals surface area contributed by atoms with E-state index in [4.69, 9.17) is 0 Å². The van der Waals surface area contributed by atoms with Gasteiger partial charge in [-0.2, -0.15) is 0 Å². The van der Waals surface area contributed by atoms with Crippen LogP contribution in [0.2, 0.25) is 0 Å². The van der Waals surface area contributed by atoms with Crippen molar-refractivity contribution in [1.29, 1.82) is 0 Å². The van der Waals surface area contributed by atoms with Crippen LogP contribution in [-0.2, 0) is 28.0 Å². The molecule has 0 N–H and O–H groups in total. The fourth-order valence-corrected chi connectivity index (χ4v) is 16.1. The average molecular weight is 1360 g/mol. The predicted molar refractivity (Wildman–Crippen MR) is 449 cm³/mol. The number of hydrogen-bond donors (Lipinski definition) is 0. The Kier molecular flexibility index (Phi) is 13.1. The van der Waals surface area contributed by atoms with Gasteiger partial charge in [0.05, 0.1) is 44.4 Å². The Balaban J connectivity index is 1.11. The molecule has 104 heavy (non-hydrogen) atoms. The number of aromatic nitrogens is 2. The lowest BCUT2D eigenvalue weighted by atomic mass is 9.33. The van der Waals surface area contributed by atoms with Gasteiger partial charge in [0.1, 0.15) is 0 Å². The molecule has 2 aliphatic rings. The Morgan fingerprint density at radius 3 is 0.981 bits per heavy atom. The van der Waals surface area contributed by atoms with E-state index in [0.717, 1.165) is 117 Å². The van der Waals surface area contributed by atoms with Gasteiger partial charge >= 0.3 is 0 Å². The molecular formula is C99H93BN4. The maximum Gasteiger partial charge on any atom is 0.252 e. The molecule has 0 saturated carbocycles. The molecule has 0 fully saturated rings. The average Bonchev–Trinajstić information content (AvgIpc) is 0.751. The van der Waals surface area contributed by atoms with Crippen LogP contribution in [0.15, 0.2) is 279 Å². The zero-order valence-corrected chi connectivity index (χ0v) is 62.3. The number of benzene rings is 13. The first-order chi connectivity index (χ1) is 53.8. The van der Waals surface area contributed by atoms with Crippen molar-refractivity contribution in [1.82, 2.24) is 9.13 Å². The summed E-state index contributed by atoms with van der Waals surface area (Å²) in [7, 11) is 0. The van der Waals surface area contributed by atoms with Gasteiger partial charge in [-0.1, -0.05) is 286 Å². The summed E-state index contributed by atoms with van der Waals surface area (Å²) >= 11 is 0. The molecule has 2 aromatic heterocycles. The summed E-state index contributed by atoms with van der Waals surface area (Å²) < 4.78 is 103. The van der Waals surface area contributed by atoms with Crippen molar-refractivity contribution < 1.29 is 13.7 Å². The van der Waals surface area contributed by atoms with Gasteiger partial charge in [0, 0.05) is 80.7 Å². The van der Waals surface area contributed by atoms with Crippen LogP contribution in [-0.4, -0.2) is 15.8 Å². The first-order valence-electron chi connectivity index (χ1n) is 41.6. The molecule has 0 aliphatic carbocycles. The number of rotatable bonds is 9. The Labute approximate surface area is 630 Å². The maximum atomic E-state index is 10.9. The maximum absolute atomic E-state index is 10.9. The zero-order chi connectivity index (χ0) is 80.9. The number of anilines is 6. The molecule has 4 heterocycles. The molecule has 0 saturated heterocycles. The normalized spacial score (nSPS) is 14.8. The second kappa shape index (κ2) is 24.4. The van der Waals surface area contributed by atoms with E-state index >= 15 is 0 Å². The molecule has 0 spiro atoms. The number of fused-ring (bicyclic) bond motifs is 10. The van der Waals surface area contributed by atoms with E-state index in [1.165, 1.54) is 0 Å². The van der Waals surface area contributed by atoms with E-state index in [-0.39, 0.29) is 70.0 Å². The lowest BCUT2D eigenvalue weighted by Crippen LogP contribution is -2.61. The monoisotopic (exact) mass is 1360 g/mol. The van der Waals surface area contributed by atoms with Crippen LogP contribution >= 0.6 is 0 Å². The summed E-state index contributed by atoms with van der Waals surface area (Å²) in [5.74, 6) is 0. The molecule has 17 rings (SSSR count). The molecular weight excluding hydrogens is 1260 g/mol. The fraction of sp³-hybridized carbons (Fsp3) is 0.212. The quantitative estimate of drug-likeness (QED) is 0.134. The van der Waals surface area contributed by atoms with Crippen LogP contribution in [0.4, 0.5) is 34.1 Å². The van der Waals surface area contributed by atoms with Crippen LogP contribution in [0.25, 0.3) is 99.5 Å². The topological polar surface area (TPSA) is 16.3 Å². The minimum Gasteiger partial charge on any atom is -0.310 e. The number of hydrogen-bond acceptors (Lipinski definition) is 2. The van der Waals surface area contributed by atoms with Crippen LogP contribution in [0, 0.1) is 5.41 Å². The third-order valence-electron chi connectivity index (χ3n) is 21.3. The lowest BCUT2D eigenvalue weighted by molar-refractivity contribution is 0.411. The molecule has 15 aromatic rings. The SMILES string of the molecule is [2H]c1c([2H])c([2H])c2c(c1[2H])c1cc(C(C)(C)C)ccc1n2-c1ccc2c(c1)N(c1c(-c3ccccc3)cc(C(C)(C)C)cc1-c1ccccc1)c1cc(C([2H])([2H])C(C)(C)C)cc3c1B2c1ccc(-n2c4ccc(C(C)(C)C)cc4c4c([2H])c([2H])c([2H])c([2H])c42)cc1N3c1c(-c2ccccc2)cc(C(C)(C)C)cc1-c1ccccc1. The van der Waals surface area contributed by atoms with Crippen LogP contribution in [0.3, 0.4) is 0 Å². The van der Waals surface area contributed by atoms with Crippen LogP contribution in [0.1, 0.15) is 145 Å². The Morgan fingerprint density at radius 1 is 0.317 bits per heavy atom. The summed E-state index contributed by atoms with van der Waals surface area (Å²) in [5, 5.41) is 2.23. The summed E-state index contributed by atoms with van der Waals surface area (Å²) in [6.45, 7) is 31.7. The largest absolute Gasteiger partial charge is 0.310 e. The highest BCUT2D eigenvalue weighted by Crippen LogP contribution is 2.56. The van der Waals surface area contributed by atoms with Gasteiger partial charge in [0.15, 0.2) is 0 Å². The molecule has 0 unspecified atom stereocenters. The van der Waals surface area contributed by atoms with Gasteiger partial charge in [0.25, 0.3) is 6.71 Å². The first kappa shape index (κ1) is 55.7. The highest BCUT2D eigenvalue weighted by atomic mass is 15.2. The minimum atomic E-state index is -2.05. The van der Waals surface area contributed by atoms with E-state index in [9.17, 15) is 13.7 Å². The highest BCUT2D eigenvalue weighted by molar-refractivity contribution is 7.00. The van der Waals surface area contributed by atoms with Crippen molar-refractivity contribution in [3.05, 3.63) is 307 Å². The highest BCUT2D eigenvalue weighted by Gasteiger charge is 2.46. The van der Waals surface area contributed by atoms with Gasteiger partial charge < -0.3 is 18.9 Å². The van der Waals surface area contributed by atoms with Crippen molar-refractivity contribution in [3.8, 4) is 55.9 Å². The van der Waals surface area contributed by atoms with E-state index in [1.54, 1.807) is 0 Å². The Bertz CT molecular complexity index is 6010. The zero-order valence-electron chi connectivity index (χ0n) is 72.3. The molecule has 4 nitrogen and oxygen atoms in total. The van der Waals surface area contributed by atoms with Crippen molar-refractivity contribution in [3.63, 3.8) is 0 Å². The molecule has 2 aliphatic heterocycles. The molecule has 13 aromatic carbocycles. The standard InChI is InChI=1S/C99H93BN4/c1-95(2,3)62-63-52-90-92-91(53-63)104(94-78(66-36-24-18-25-37-66)58-71(99(13,14)15)59-79(94)67-38-26-19-27-39-67)89-61-73(102-85-43-31-29-41-75(85)81-55-69(97(7,8)9)45-51-87(81)102)47-49-83(89)100(92)82-48-46-72(101-84-42-30-28-40-74(84)80-54-68(96(4,5)6)44-50-86(80)101)60-88(82)103(90)93-76(64-32-20-16-21-33-64)56-70(98(10,11)12)57-77(93)65-34-22-17-23-35-65/h16-61H,62H2,1-15H3/i28D,29D,30D,31D,40D,41D,42D,43D,62D2. The van der Waals surface area contributed by atoms with Crippen LogP contribution < -0.4 is 26.2 Å². The third kappa shape index (κ3) is 11.3. The smallest absolute Gasteiger partial charge is 0.252 e. The second-order valence-electron chi connectivity index (χ2n) is 33.8. The van der Waals surface area contributed by atoms with Gasteiger partial charge in [-0.05, 0) is 197 Å². The molecule has 512 valence electrons. The molecule has 0 atom stereocenters. The van der Waals surface area contributed by atoms with Gasteiger partial charge in [-0.15, -0.1) is 0 Å². The first-order valence-corrected chi connectivity index (χ1v) is 36.6. The second-order valence-corrected chi connectivity index (χ2v) is 33.8. The Hall–Kier alpha value is -10.9. The van der Waals surface area contributed by atoms with Crippen molar-refractivity contribution in [2.24, 2.45) is 5.41 Å².